The van der Waals surface area contributed by atoms with Gasteiger partial charge in [0.15, 0.2) is 5.96 Å². The maximum absolute atomic E-state index is 13.4. The third-order valence-electron chi connectivity index (χ3n) is 2.63. The Morgan fingerprint density at radius 3 is 2.88 bits per heavy atom. The van der Waals surface area contributed by atoms with Crippen molar-refractivity contribution in [2.45, 2.75) is 19.9 Å². The molecule has 17 heavy (non-hydrogen) atoms. The van der Waals surface area contributed by atoms with Gasteiger partial charge < -0.3 is 5.32 Å². The van der Waals surface area contributed by atoms with Crippen LogP contribution in [0.2, 0.25) is 0 Å². The molecule has 1 aromatic carbocycles. The van der Waals surface area contributed by atoms with Crippen molar-refractivity contribution in [3.05, 3.63) is 35.1 Å². The summed E-state index contributed by atoms with van der Waals surface area (Å²) in [6.07, 6.45) is 0. The minimum Gasteiger partial charge on any atom is -0.340 e. The van der Waals surface area contributed by atoms with Gasteiger partial charge in [-0.1, -0.05) is 12.1 Å². The molecule has 4 nitrogen and oxygen atoms in total. The molecule has 2 rings (SSSR count). The van der Waals surface area contributed by atoms with Gasteiger partial charge in [-0.15, -0.1) is 0 Å². The van der Waals surface area contributed by atoms with Crippen molar-refractivity contribution in [1.29, 1.82) is 0 Å². The molecular formula is C12H14FN3O. The van der Waals surface area contributed by atoms with Crippen molar-refractivity contribution in [3.8, 4) is 0 Å². The molecule has 5 heteroatoms. The summed E-state index contributed by atoms with van der Waals surface area (Å²) in [7, 11) is 0. The van der Waals surface area contributed by atoms with E-state index in [0.29, 0.717) is 23.6 Å². The van der Waals surface area contributed by atoms with E-state index in [-0.39, 0.29) is 11.7 Å². The van der Waals surface area contributed by atoms with Crippen LogP contribution in [-0.2, 0) is 4.79 Å². The fraction of sp³-hybridized carbons (Fsp3) is 0.333. The second-order valence-electron chi connectivity index (χ2n) is 3.90. The second kappa shape index (κ2) is 4.53. The number of nitrogens with zero attached hydrogens (tertiary/aromatic N) is 1. The molecule has 1 saturated heterocycles. The lowest BCUT2D eigenvalue weighted by atomic mass is 10.1. The van der Waals surface area contributed by atoms with E-state index in [2.05, 4.69) is 15.6 Å². The Bertz CT molecular complexity index is 485. The van der Waals surface area contributed by atoms with Crippen LogP contribution in [0.1, 0.15) is 24.1 Å². The number of benzene rings is 1. The van der Waals surface area contributed by atoms with E-state index in [1.807, 2.05) is 6.92 Å². The summed E-state index contributed by atoms with van der Waals surface area (Å²) in [4.78, 5) is 15.7. The first-order valence-electron chi connectivity index (χ1n) is 5.49. The molecule has 2 N–H and O–H groups in total. The maximum Gasteiger partial charge on any atom is 0.253 e. The number of carbonyl (C=O) groups is 1. The SMILES string of the molecule is CCN=C1NC(=O)C(c2ccc(C)c(F)c2)N1. The van der Waals surface area contributed by atoms with Gasteiger partial charge in [-0.25, -0.2) is 4.39 Å². The molecule has 1 heterocycles. The summed E-state index contributed by atoms with van der Waals surface area (Å²) in [5.41, 5.74) is 1.17. The van der Waals surface area contributed by atoms with Crippen molar-refractivity contribution in [2.24, 2.45) is 4.99 Å². The first-order valence-corrected chi connectivity index (χ1v) is 5.49. The maximum atomic E-state index is 13.4. The molecule has 0 bridgehead atoms. The standard InChI is InChI=1S/C12H14FN3O/c1-3-14-12-15-10(11(17)16-12)8-5-4-7(2)9(13)6-8/h4-6,10H,3H2,1-2H3,(H2,14,15,16,17). The topological polar surface area (TPSA) is 53.5 Å². The number of hydrogen-bond donors (Lipinski definition) is 2. The van der Waals surface area contributed by atoms with E-state index in [0.717, 1.165) is 0 Å². The molecule has 0 spiro atoms. The van der Waals surface area contributed by atoms with Gasteiger partial charge in [-0.05, 0) is 31.0 Å². The van der Waals surface area contributed by atoms with Gasteiger partial charge >= 0.3 is 0 Å². The number of aliphatic imine (C=N–C) groups is 1. The highest BCUT2D eigenvalue weighted by molar-refractivity contribution is 6.06. The van der Waals surface area contributed by atoms with Gasteiger partial charge in [-0.3, -0.25) is 15.1 Å². The lowest BCUT2D eigenvalue weighted by molar-refractivity contribution is -0.120. The Kier molecular flexibility index (Phi) is 3.08. The molecule has 1 aromatic rings. The Morgan fingerprint density at radius 1 is 1.47 bits per heavy atom. The minimum absolute atomic E-state index is 0.208. The number of hydrogen-bond acceptors (Lipinski definition) is 2. The largest absolute Gasteiger partial charge is 0.340 e. The average Bonchev–Trinajstić information content (AvgIpc) is 2.64. The van der Waals surface area contributed by atoms with Crippen LogP contribution < -0.4 is 10.6 Å². The molecule has 0 aromatic heterocycles. The van der Waals surface area contributed by atoms with E-state index in [1.54, 1.807) is 19.1 Å². The van der Waals surface area contributed by atoms with Crippen LogP contribution in [0.5, 0.6) is 0 Å². The molecule has 1 fully saturated rings. The Balaban J connectivity index is 2.26. The number of nitrogens with one attached hydrogen (secondary N) is 2. The number of guanidine groups is 1. The Labute approximate surface area is 98.9 Å². The smallest absolute Gasteiger partial charge is 0.253 e. The van der Waals surface area contributed by atoms with Crippen molar-refractivity contribution in [2.75, 3.05) is 6.54 Å². The van der Waals surface area contributed by atoms with E-state index in [4.69, 9.17) is 0 Å². The van der Waals surface area contributed by atoms with Gasteiger partial charge in [0.2, 0.25) is 0 Å². The lowest BCUT2D eigenvalue weighted by Gasteiger charge is -2.08. The monoisotopic (exact) mass is 235 g/mol. The zero-order valence-electron chi connectivity index (χ0n) is 9.75. The third kappa shape index (κ3) is 2.27. The van der Waals surface area contributed by atoms with E-state index >= 15 is 0 Å². The molecule has 1 aliphatic heterocycles. The number of amides is 1. The molecule has 1 unspecified atom stereocenters. The van der Waals surface area contributed by atoms with Crippen LogP contribution >= 0.6 is 0 Å². The number of halogens is 1. The highest BCUT2D eigenvalue weighted by Gasteiger charge is 2.29. The fourth-order valence-corrected chi connectivity index (χ4v) is 1.69. The summed E-state index contributed by atoms with van der Waals surface area (Å²) < 4.78 is 13.4. The van der Waals surface area contributed by atoms with Crippen LogP contribution in [0, 0.1) is 12.7 Å². The first kappa shape index (κ1) is 11.6. The van der Waals surface area contributed by atoms with Gasteiger partial charge in [0, 0.05) is 6.54 Å². The fourth-order valence-electron chi connectivity index (χ4n) is 1.69. The number of aryl methyl sites for hydroxylation is 1. The highest BCUT2D eigenvalue weighted by atomic mass is 19.1. The number of rotatable bonds is 2. The molecule has 1 aliphatic rings. The Morgan fingerprint density at radius 2 is 2.24 bits per heavy atom. The van der Waals surface area contributed by atoms with Crippen LogP contribution in [0.25, 0.3) is 0 Å². The van der Waals surface area contributed by atoms with Crippen LogP contribution in [-0.4, -0.2) is 18.4 Å². The molecule has 90 valence electrons. The van der Waals surface area contributed by atoms with Crippen molar-refractivity contribution >= 4 is 11.9 Å². The highest BCUT2D eigenvalue weighted by Crippen LogP contribution is 2.19. The summed E-state index contributed by atoms with van der Waals surface area (Å²) in [6, 6.07) is 4.22. The molecule has 1 amide bonds. The van der Waals surface area contributed by atoms with Gasteiger partial charge in [0.25, 0.3) is 5.91 Å². The third-order valence-corrected chi connectivity index (χ3v) is 2.63. The molecular weight excluding hydrogens is 221 g/mol. The van der Waals surface area contributed by atoms with Crippen LogP contribution in [0.4, 0.5) is 4.39 Å². The van der Waals surface area contributed by atoms with Crippen molar-refractivity contribution < 1.29 is 9.18 Å². The predicted octanol–water partition coefficient (Wildman–Crippen LogP) is 1.27. The van der Waals surface area contributed by atoms with Crippen LogP contribution in [0.3, 0.4) is 0 Å². The van der Waals surface area contributed by atoms with Gasteiger partial charge in [-0.2, -0.15) is 0 Å². The van der Waals surface area contributed by atoms with E-state index in [9.17, 15) is 9.18 Å². The molecule has 0 radical (unpaired) electrons. The van der Waals surface area contributed by atoms with Gasteiger partial charge in [0.1, 0.15) is 11.9 Å². The first-order chi connectivity index (χ1) is 8.11. The summed E-state index contributed by atoms with van der Waals surface area (Å²) >= 11 is 0. The zero-order chi connectivity index (χ0) is 12.4. The normalized spacial score (nSPS) is 21.5. The molecule has 0 saturated carbocycles. The summed E-state index contributed by atoms with van der Waals surface area (Å²) in [5.74, 6) is -0.0677. The Hall–Kier alpha value is -1.91. The van der Waals surface area contributed by atoms with E-state index in [1.165, 1.54) is 6.07 Å². The number of carbonyl (C=O) groups excluding carboxylic acids is 1. The predicted molar refractivity (Wildman–Crippen MR) is 63.1 cm³/mol. The lowest BCUT2D eigenvalue weighted by Crippen LogP contribution is -2.25. The van der Waals surface area contributed by atoms with E-state index < -0.39 is 6.04 Å². The summed E-state index contributed by atoms with van der Waals surface area (Å²) in [5, 5.41) is 5.54. The second-order valence-corrected chi connectivity index (χ2v) is 3.90. The van der Waals surface area contributed by atoms with Crippen molar-refractivity contribution in [3.63, 3.8) is 0 Å². The van der Waals surface area contributed by atoms with Crippen LogP contribution in [0.15, 0.2) is 23.2 Å². The molecule has 0 aliphatic carbocycles. The zero-order valence-corrected chi connectivity index (χ0v) is 9.75. The quantitative estimate of drug-likeness (QED) is 0.811. The minimum atomic E-state index is -0.560. The van der Waals surface area contributed by atoms with Gasteiger partial charge in [0.05, 0.1) is 0 Å². The van der Waals surface area contributed by atoms with Crippen molar-refractivity contribution in [1.82, 2.24) is 10.6 Å². The summed E-state index contributed by atoms with van der Waals surface area (Å²) in [6.45, 7) is 4.14. The average molecular weight is 235 g/mol. The molecule has 1 atom stereocenters.